The highest BCUT2D eigenvalue weighted by molar-refractivity contribution is 5.77. The first-order chi connectivity index (χ1) is 9.24. The van der Waals surface area contributed by atoms with Crippen molar-refractivity contribution in [2.24, 2.45) is 11.8 Å². The Hall–Kier alpha value is -0.610. The average Bonchev–Trinajstić information content (AvgIpc) is 2.43. The highest BCUT2D eigenvalue weighted by atomic mass is 16.3. The Kier molecular flexibility index (Phi) is 2.85. The predicted molar refractivity (Wildman–Crippen MR) is 71.6 cm³/mol. The average molecular weight is 264 g/mol. The number of hydrogen-bond acceptors (Lipinski definition) is 3. The van der Waals surface area contributed by atoms with Crippen molar-refractivity contribution in [2.75, 3.05) is 19.6 Å². The maximum absolute atomic E-state index is 12.2. The van der Waals surface area contributed by atoms with Gasteiger partial charge in [0.05, 0.1) is 12.1 Å². The number of fused-ring (bicyclic) bond motifs is 6. The topological polar surface area (TPSA) is 43.8 Å². The molecule has 2 bridgehead atoms. The van der Waals surface area contributed by atoms with Gasteiger partial charge in [0.1, 0.15) is 0 Å². The van der Waals surface area contributed by atoms with Crippen LogP contribution in [-0.2, 0) is 4.79 Å². The summed E-state index contributed by atoms with van der Waals surface area (Å²) in [6, 6.07) is 0.818. The lowest BCUT2D eigenvalue weighted by atomic mass is 9.70. The van der Waals surface area contributed by atoms with E-state index in [1.807, 2.05) is 4.90 Å². The van der Waals surface area contributed by atoms with Crippen LogP contribution in [0.5, 0.6) is 0 Å². The zero-order valence-electron chi connectivity index (χ0n) is 11.5. The Balaban J connectivity index is 1.62. The van der Waals surface area contributed by atoms with Gasteiger partial charge in [0.15, 0.2) is 0 Å². The van der Waals surface area contributed by atoms with Gasteiger partial charge in [-0.2, -0.15) is 0 Å². The smallest absolute Gasteiger partial charge is 0.223 e. The molecule has 4 heteroatoms. The molecule has 4 nitrogen and oxygen atoms in total. The monoisotopic (exact) mass is 264 g/mol. The first kappa shape index (κ1) is 12.2. The first-order valence-electron chi connectivity index (χ1n) is 7.95. The summed E-state index contributed by atoms with van der Waals surface area (Å²) in [5.74, 6) is 1.45. The largest absolute Gasteiger partial charge is 0.391 e. The highest BCUT2D eigenvalue weighted by Gasteiger charge is 2.50. The zero-order chi connectivity index (χ0) is 13.0. The quantitative estimate of drug-likeness (QED) is 0.705. The van der Waals surface area contributed by atoms with Crippen LogP contribution in [0.4, 0.5) is 0 Å². The van der Waals surface area contributed by atoms with Gasteiger partial charge in [-0.25, -0.2) is 0 Å². The summed E-state index contributed by atoms with van der Waals surface area (Å²) in [4.78, 5) is 16.9. The van der Waals surface area contributed by atoms with E-state index in [2.05, 4.69) is 4.90 Å². The molecule has 4 heterocycles. The summed E-state index contributed by atoms with van der Waals surface area (Å²) in [6.45, 7) is 3.24. The molecular weight excluding hydrogens is 240 g/mol. The number of amides is 1. The molecule has 4 aliphatic rings. The molecule has 4 fully saturated rings. The van der Waals surface area contributed by atoms with Crippen LogP contribution in [0.25, 0.3) is 0 Å². The van der Waals surface area contributed by atoms with Gasteiger partial charge in [0, 0.05) is 25.6 Å². The van der Waals surface area contributed by atoms with Gasteiger partial charge >= 0.3 is 0 Å². The number of carbonyl (C=O) groups is 1. The van der Waals surface area contributed by atoms with E-state index >= 15 is 0 Å². The fraction of sp³-hybridized carbons (Fsp3) is 0.933. The molecule has 4 aliphatic heterocycles. The number of nitrogens with zero attached hydrogens (tertiary/aromatic N) is 2. The second-order valence-corrected chi connectivity index (χ2v) is 6.96. The van der Waals surface area contributed by atoms with E-state index in [1.54, 1.807) is 0 Å². The molecule has 1 N–H and O–H groups in total. The van der Waals surface area contributed by atoms with Crippen LogP contribution in [-0.4, -0.2) is 58.6 Å². The van der Waals surface area contributed by atoms with Gasteiger partial charge in [-0.1, -0.05) is 6.42 Å². The first-order valence-corrected chi connectivity index (χ1v) is 7.95. The zero-order valence-corrected chi connectivity index (χ0v) is 11.5. The van der Waals surface area contributed by atoms with E-state index < -0.39 is 0 Å². The molecule has 5 atom stereocenters. The van der Waals surface area contributed by atoms with Crippen molar-refractivity contribution < 1.29 is 9.90 Å². The summed E-state index contributed by atoms with van der Waals surface area (Å²) < 4.78 is 0. The molecule has 1 amide bonds. The van der Waals surface area contributed by atoms with Crippen LogP contribution in [0.2, 0.25) is 0 Å². The van der Waals surface area contributed by atoms with Crippen molar-refractivity contribution in [1.82, 2.24) is 9.80 Å². The number of piperidine rings is 4. The molecule has 19 heavy (non-hydrogen) atoms. The highest BCUT2D eigenvalue weighted by Crippen LogP contribution is 2.42. The van der Waals surface area contributed by atoms with Crippen LogP contribution in [0.15, 0.2) is 0 Å². The third kappa shape index (κ3) is 1.83. The summed E-state index contributed by atoms with van der Waals surface area (Å²) in [5.41, 5.74) is 0. The maximum Gasteiger partial charge on any atom is 0.223 e. The van der Waals surface area contributed by atoms with E-state index in [0.29, 0.717) is 30.7 Å². The van der Waals surface area contributed by atoms with Gasteiger partial charge < -0.3 is 10.0 Å². The van der Waals surface area contributed by atoms with Crippen LogP contribution in [0, 0.1) is 11.8 Å². The molecule has 106 valence electrons. The van der Waals surface area contributed by atoms with E-state index in [4.69, 9.17) is 0 Å². The number of carbonyl (C=O) groups excluding carboxylic acids is 1. The molecule has 0 aliphatic carbocycles. The van der Waals surface area contributed by atoms with Crippen LogP contribution in [0.3, 0.4) is 0 Å². The number of hydrogen-bond donors (Lipinski definition) is 1. The molecule has 0 aromatic carbocycles. The molecule has 0 radical (unpaired) electrons. The number of aliphatic hydroxyl groups is 1. The SMILES string of the molecule is O=C1CC[C@H](O)C2C3CC(CN12)C1CCCCN1C3. The molecule has 0 aromatic rings. The van der Waals surface area contributed by atoms with Crippen molar-refractivity contribution in [3.05, 3.63) is 0 Å². The minimum atomic E-state index is -0.287. The van der Waals surface area contributed by atoms with Gasteiger partial charge in [0.25, 0.3) is 0 Å². The molecule has 4 unspecified atom stereocenters. The number of aliphatic hydroxyl groups excluding tert-OH is 1. The van der Waals surface area contributed by atoms with Gasteiger partial charge in [-0.05, 0) is 44.1 Å². The minimum Gasteiger partial charge on any atom is -0.391 e. The number of rotatable bonds is 0. The summed E-state index contributed by atoms with van der Waals surface area (Å²) in [7, 11) is 0. The Morgan fingerprint density at radius 2 is 2.00 bits per heavy atom. The second kappa shape index (κ2) is 4.45. The van der Waals surface area contributed by atoms with Gasteiger partial charge in [-0.15, -0.1) is 0 Å². The molecule has 0 saturated carbocycles. The van der Waals surface area contributed by atoms with E-state index in [0.717, 1.165) is 13.1 Å². The Bertz CT molecular complexity index is 386. The molecular formula is C15H24N2O2. The van der Waals surface area contributed by atoms with Gasteiger partial charge in [-0.3, -0.25) is 9.69 Å². The summed E-state index contributed by atoms with van der Waals surface area (Å²) >= 11 is 0. The third-order valence-electron chi connectivity index (χ3n) is 5.93. The van der Waals surface area contributed by atoms with E-state index in [1.165, 1.54) is 32.2 Å². The standard InChI is InChI=1S/C15H24N2O2/c18-13-4-5-14(19)17-9-10-7-11(15(13)17)8-16-6-2-1-3-12(10)16/h10-13,15,18H,1-9H2/t10?,11?,12?,13-,15?/m0/s1. The molecule has 4 saturated heterocycles. The second-order valence-electron chi connectivity index (χ2n) is 6.96. The maximum atomic E-state index is 12.2. The van der Waals surface area contributed by atoms with Crippen molar-refractivity contribution in [3.63, 3.8) is 0 Å². The Labute approximate surface area is 114 Å². The van der Waals surface area contributed by atoms with Crippen molar-refractivity contribution >= 4 is 5.91 Å². The lowest BCUT2D eigenvalue weighted by Gasteiger charge is -2.57. The van der Waals surface area contributed by atoms with E-state index in [-0.39, 0.29) is 18.1 Å². The Morgan fingerprint density at radius 1 is 1.11 bits per heavy atom. The van der Waals surface area contributed by atoms with Crippen LogP contribution < -0.4 is 0 Å². The van der Waals surface area contributed by atoms with Crippen LogP contribution in [0.1, 0.15) is 38.5 Å². The fourth-order valence-corrected chi connectivity index (χ4v) is 5.15. The fourth-order valence-electron chi connectivity index (χ4n) is 5.15. The van der Waals surface area contributed by atoms with E-state index in [9.17, 15) is 9.90 Å². The summed E-state index contributed by atoms with van der Waals surface area (Å²) in [5, 5.41) is 10.3. The molecule has 0 aromatic heterocycles. The normalized spacial score (nSPS) is 46.7. The van der Waals surface area contributed by atoms with Crippen molar-refractivity contribution in [3.8, 4) is 0 Å². The van der Waals surface area contributed by atoms with Crippen LogP contribution >= 0.6 is 0 Å². The van der Waals surface area contributed by atoms with Crippen molar-refractivity contribution in [2.45, 2.75) is 56.7 Å². The lowest BCUT2D eigenvalue weighted by Crippen LogP contribution is -2.67. The summed E-state index contributed by atoms with van der Waals surface area (Å²) in [6.07, 6.45) is 6.15. The molecule has 0 spiro atoms. The third-order valence-corrected chi connectivity index (χ3v) is 5.93. The molecule has 4 rings (SSSR count). The predicted octanol–water partition coefficient (Wildman–Crippen LogP) is 0.843. The lowest BCUT2D eigenvalue weighted by molar-refractivity contribution is -0.159. The van der Waals surface area contributed by atoms with Crippen molar-refractivity contribution in [1.29, 1.82) is 0 Å². The Morgan fingerprint density at radius 3 is 2.89 bits per heavy atom. The minimum absolute atomic E-state index is 0.111. The van der Waals surface area contributed by atoms with Gasteiger partial charge in [0.2, 0.25) is 5.91 Å².